The molecule has 0 spiro atoms. The molecule has 2 aliphatic heterocycles. The van der Waals surface area contributed by atoms with Gasteiger partial charge in [-0.15, -0.1) is 11.8 Å². The number of ketones is 2. The molecule has 0 saturated heterocycles. The third-order valence-electron chi connectivity index (χ3n) is 9.73. The largest absolute Gasteiger partial charge is 0.506 e. The SMILES string of the molecule is CC1(/C=C2\C(=O)C(=O)C(/C=C3/C=C(c4ccccc4)SC(c4ccc(C(F)(F)F)cc4)C3)=C2O)C=C(C2=CCCC=C2)[S+]=C(c2ccc(C(F)(F)F)cc2)C1. The molecular formula is C44H33F6O3S2+. The van der Waals surface area contributed by atoms with E-state index in [0.29, 0.717) is 23.1 Å². The zero-order valence-corrected chi connectivity index (χ0v) is 30.9. The monoisotopic (exact) mass is 787 g/mol. The number of thioether (sulfide) groups is 1. The Kier molecular flexibility index (Phi) is 10.4. The average molecular weight is 788 g/mol. The molecule has 11 heteroatoms. The van der Waals surface area contributed by atoms with Gasteiger partial charge in [-0.3, -0.25) is 9.59 Å². The Morgan fingerprint density at radius 1 is 0.836 bits per heavy atom. The highest BCUT2D eigenvalue weighted by Gasteiger charge is 2.42. The minimum absolute atomic E-state index is 0.168. The van der Waals surface area contributed by atoms with Crippen LogP contribution < -0.4 is 0 Å². The van der Waals surface area contributed by atoms with Crippen LogP contribution in [-0.4, -0.2) is 21.5 Å². The van der Waals surface area contributed by atoms with Crippen LogP contribution in [-0.2, 0) is 33.3 Å². The van der Waals surface area contributed by atoms with E-state index in [1.165, 1.54) is 53.5 Å². The first-order valence-electron chi connectivity index (χ1n) is 17.5. The molecule has 3 nitrogen and oxygen atoms in total. The van der Waals surface area contributed by atoms with Crippen LogP contribution in [0.5, 0.6) is 0 Å². The van der Waals surface area contributed by atoms with Crippen molar-refractivity contribution >= 4 is 44.4 Å². The molecule has 4 aliphatic rings. The molecule has 0 aromatic heterocycles. The fraction of sp³-hybridized carbons (Fsp3) is 0.205. The summed E-state index contributed by atoms with van der Waals surface area (Å²) in [6.45, 7) is 1.85. The van der Waals surface area contributed by atoms with Crippen molar-refractivity contribution in [2.45, 2.75) is 50.2 Å². The number of carbonyl (C=O) groups excluding carboxylic acids is 2. The van der Waals surface area contributed by atoms with Crippen molar-refractivity contribution in [3.63, 3.8) is 0 Å². The van der Waals surface area contributed by atoms with E-state index in [2.05, 4.69) is 6.08 Å². The molecule has 0 fully saturated rings. The molecular weight excluding hydrogens is 755 g/mol. The molecule has 0 bridgehead atoms. The number of hydrogen-bond acceptors (Lipinski definition) is 4. The summed E-state index contributed by atoms with van der Waals surface area (Å²) in [6, 6.07) is 19.2. The van der Waals surface area contributed by atoms with Gasteiger partial charge >= 0.3 is 12.4 Å². The lowest BCUT2D eigenvalue weighted by molar-refractivity contribution is -0.138. The van der Waals surface area contributed by atoms with Crippen molar-refractivity contribution in [2.75, 3.05) is 0 Å². The van der Waals surface area contributed by atoms with Crippen molar-refractivity contribution in [3.05, 3.63) is 182 Å². The predicted octanol–water partition coefficient (Wildman–Crippen LogP) is 11.6. The molecule has 3 aromatic carbocycles. The number of Topliss-reactive ketones (excluding diaryl/α,β-unsaturated/α-hetero) is 2. The van der Waals surface area contributed by atoms with Gasteiger partial charge in [-0.05, 0) is 90.6 Å². The smallest absolute Gasteiger partial charge is 0.416 e. The maximum atomic E-state index is 13.6. The number of halogens is 6. The van der Waals surface area contributed by atoms with E-state index in [-0.39, 0.29) is 22.8 Å². The Balaban J connectivity index is 1.26. The first-order chi connectivity index (χ1) is 26.1. The van der Waals surface area contributed by atoms with Crippen LogP contribution in [0.3, 0.4) is 0 Å². The Labute approximate surface area is 322 Å². The van der Waals surface area contributed by atoms with E-state index in [1.807, 2.05) is 61.6 Å². The lowest BCUT2D eigenvalue weighted by atomic mass is 9.80. The van der Waals surface area contributed by atoms with Gasteiger partial charge < -0.3 is 5.11 Å². The van der Waals surface area contributed by atoms with Gasteiger partial charge in [0.05, 0.1) is 22.3 Å². The number of aliphatic hydroxyl groups is 1. The second kappa shape index (κ2) is 14.9. The standard InChI is InChI=1S/C44H32F6O3S2/c1-42(24-37(28-10-6-3-7-11-28)55-38(25-42)30-14-18-32(19-15-30)44(48,49)50)23-34-39(51)33(40(52)41(34)53)20-26-21-35(27-8-4-2-5-9-27)54-36(22-26)29-12-16-31(17-13-29)43(45,46)47/h2,4-6,8-21,23-24,36H,3,7,22,25H2,1H3/p+1/b26-20-,34-23-. The molecule has 1 N–H and O–H groups in total. The normalized spacial score (nSPS) is 23.6. The van der Waals surface area contributed by atoms with E-state index in [0.717, 1.165) is 62.9 Å². The number of hydrogen-bond donors (Lipinski definition) is 1. The lowest BCUT2D eigenvalue weighted by Gasteiger charge is -2.25. The second-order valence-corrected chi connectivity index (χ2v) is 16.3. The lowest BCUT2D eigenvalue weighted by Crippen LogP contribution is -2.24. The molecule has 0 radical (unpaired) electrons. The highest BCUT2D eigenvalue weighted by molar-refractivity contribution is 8.08. The summed E-state index contributed by atoms with van der Waals surface area (Å²) in [5.74, 6) is -2.26. The van der Waals surface area contributed by atoms with Crippen LogP contribution in [0, 0.1) is 5.41 Å². The van der Waals surface area contributed by atoms with Crippen molar-refractivity contribution in [2.24, 2.45) is 5.41 Å². The molecule has 2 unspecified atom stereocenters. The highest BCUT2D eigenvalue weighted by Crippen LogP contribution is 2.49. The Bertz CT molecular complexity index is 2300. The summed E-state index contributed by atoms with van der Waals surface area (Å²) in [7, 11) is 0. The van der Waals surface area contributed by atoms with Gasteiger partial charge in [0, 0.05) is 33.1 Å². The summed E-state index contributed by atoms with van der Waals surface area (Å²) in [5.41, 5.74) is 0.812. The van der Waals surface area contributed by atoms with Gasteiger partial charge in [0.25, 0.3) is 0 Å². The van der Waals surface area contributed by atoms with Crippen molar-refractivity contribution in [1.29, 1.82) is 0 Å². The molecule has 280 valence electrons. The van der Waals surface area contributed by atoms with E-state index in [4.69, 9.17) is 0 Å². The van der Waals surface area contributed by atoms with Gasteiger partial charge in [0.1, 0.15) is 5.76 Å². The molecule has 0 saturated carbocycles. The summed E-state index contributed by atoms with van der Waals surface area (Å²) in [6.07, 6.45) is 6.25. The van der Waals surface area contributed by atoms with Gasteiger partial charge in [-0.2, -0.15) is 26.3 Å². The third-order valence-corrected chi connectivity index (χ3v) is 12.3. The predicted molar refractivity (Wildman–Crippen MR) is 207 cm³/mol. The van der Waals surface area contributed by atoms with Crippen LogP contribution in [0.4, 0.5) is 26.3 Å². The van der Waals surface area contributed by atoms with Gasteiger partial charge in [0.2, 0.25) is 32.7 Å². The molecule has 55 heavy (non-hydrogen) atoms. The highest BCUT2D eigenvalue weighted by atomic mass is 32.2. The number of allylic oxidation sites excluding steroid dienone is 11. The van der Waals surface area contributed by atoms with E-state index < -0.39 is 46.2 Å². The van der Waals surface area contributed by atoms with E-state index >= 15 is 0 Å². The topological polar surface area (TPSA) is 54.4 Å². The fourth-order valence-corrected chi connectivity index (χ4v) is 9.78. The van der Waals surface area contributed by atoms with Crippen LogP contribution >= 0.6 is 11.8 Å². The number of benzene rings is 3. The van der Waals surface area contributed by atoms with Gasteiger partial charge in [0.15, 0.2) is 0 Å². The maximum Gasteiger partial charge on any atom is 0.416 e. The number of aliphatic hydroxyl groups excluding tert-OH is 1. The molecule has 0 amide bonds. The minimum atomic E-state index is -4.49. The minimum Gasteiger partial charge on any atom is -0.506 e. The van der Waals surface area contributed by atoms with Crippen LogP contribution in [0.15, 0.2) is 154 Å². The Morgan fingerprint density at radius 3 is 2.11 bits per heavy atom. The summed E-state index contributed by atoms with van der Waals surface area (Å²) in [4.78, 5) is 29.6. The molecule has 3 aromatic rings. The number of alkyl halides is 6. The second-order valence-electron chi connectivity index (χ2n) is 13.9. The summed E-state index contributed by atoms with van der Waals surface area (Å²) < 4.78 is 80.1. The number of rotatable bonds is 6. The van der Waals surface area contributed by atoms with E-state index in [1.54, 1.807) is 6.08 Å². The van der Waals surface area contributed by atoms with Gasteiger partial charge in [-0.1, -0.05) is 73.7 Å². The Hall–Kier alpha value is -5.00. The zero-order valence-electron chi connectivity index (χ0n) is 29.3. The first-order valence-corrected chi connectivity index (χ1v) is 19.2. The Morgan fingerprint density at radius 2 is 1.49 bits per heavy atom. The summed E-state index contributed by atoms with van der Waals surface area (Å²) >= 11 is 2.91. The van der Waals surface area contributed by atoms with Gasteiger partial charge in [-0.25, -0.2) is 0 Å². The van der Waals surface area contributed by atoms with Crippen LogP contribution in [0.1, 0.15) is 65.7 Å². The van der Waals surface area contributed by atoms with Crippen molar-refractivity contribution in [1.82, 2.24) is 0 Å². The molecule has 7 rings (SSSR count). The first kappa shape index (κ1) is 38.3. The summed E-state index contributed by atoms with van der Waals surface area (Å²) in [5, 5.41) is 11.2. The average Bonchev–Trinajstić information content (AvgIpc) is 3.36. The zero-order chi connectivity index (χ0) is 39.1. The quantitative estimate of drug-likeness (QED) is 0.0889. The van der Waals surface area contributed by atoms with Crippen molar-refractivity contribution in [3.8, 4) is 0 Å². The van der Waals surface area contributed by atoms with Crippen LogP contribution in [0.25, 0.3) is 4.91 Å². The molecule has 2 heterocycles. The van der Waals surface area contributed by atoms with Crippen LogP contribution in [0.2, 0.25) is 0 Å². The van der Waals surface area contributed by atoms with E-state index in [9.17, 15) is 41.0 Å². The molecule has 2 aliphatic carbocycles. The number of carbonyl (C=O) groups is 2. The fourth-order valence-electron chi connectivity index (χ4n) is 6.92. The molecule has 2 atom stereocenters. The maximum absolute atomic E-state index is 13.6. The van der Waals surface area contributed by atoms with Crippen molar-refractivity contribution < 1.29 is 41.0 Å². The third kappa shape index (κ3) is 8.33.